The molecule has 3 rings (SSSR count). The number of nitriles is 1. The van der Waals surface area contributed by atoms with E-state index in [0.29, 0.717) is 17.0 Å². The van der Waals surface area contributed by atoms with E-state index in [2.05, 4.69) is 4.98 Å². The van der Waals surface area contributed by atoms with Gasteiger partial charge in [0.25, 0.3) is 0 Å². The number of aromatic nitrogens is 2. The topological polar surface area (TPSA) is 103 Å². The fourth-order valence-electron chi connectivity index (χ4n) is 2.75. The molecule has 0 fully saturated rings. The van der Waals surface area contributed by atoms with E-state index in [4.69, 9.17) is 15.2 Å². The van der Waals surface area contributed by atoms with Crippen molar-refractivity contribution in [3.8, 4) is 17.5 Å². The van der Waals surface area contributed by atoms with Crippen molar-refractivity contribution in [1.82, 2.24) is 9.55 Å². The smallest absolute Gasteiger partial charge is 0.357 e. The van der Waals surface area contributed by atoms with Crippen molar-refractivity contribution in [2.45, 2.75) is 6.92 Å². The van der Waals surface area contributed by atoms with Gasteiger partial charge < -0.3 is 19.8 Å². The van der Waals surface area contributed by atoms with E-state index >= 15 is 0 Å². The van der Waals surface area contributed by atoms with E-state index in [9.17, 15) is 10.1 Å². The second-order valence-electron chi connectivity index (χ2n) is 5.41. The van der Waals surface area contributed by atoms with Crippen molar-refractivity contribution in [2.75, 3.05) is 20.0 Å². The Kier molecular flexibility index (Phi) is 4.03. The number of aryl methyl sites for hydroxylation is 1. The lowest BCUT2D eigenvalue weighted by Gasteiger charge is -2.13. The van der Waals surface area contributed by atoms with Crippen molar-refractivity contribution < 1.29 is 14.3 Å². The number of ether oxygens (including phenoxy) is 2. The molecule has 25 heavy (non-hydrogen) atoms. The molecule has 2 aromatic heterocycles. The normalized spacial score (nSPS) is 10.5. The van der Waals surface area contributed by atoms with Gasteiger partial charge in [0, 0.05) is 17.3 Å². The van der Waals surface area contributed by atoms with E-state index in [-0.39, 0.29) is 16.9 Å². The molecule has 0 aliphatic heterocycles. The van der Waals surface area contributed by atoms with E-state index in [1.54, 1.807) is 23.8 Å². The molecule has 7 nitrogen and oxygen atoms in total. The minimum atomic E-state index is -0.622. The number of pyridine rings is 1. The number of hydrogen-bond donors (Lipinski definition) is 1. The molecule has 0 saturated carbocycles. The van der Waals surface area contributed by atoms with E-state index in [1.165, 1.54) is 13.3 Å². The number of nitrogens with zero attached hydrogens (tertiary/aromatic N) is 3. The van der Waals surface area contributed by atoms with Crippen LogP contribution in [-0.2, 0) is 4.74 Å². The van der Waals surface area contributed by atoms with Crippen LogP contribution in [0.4, 0.5) is 5.69 Å². The Balaban J connectivity index is 2.39. The van der Waals surface area contributed by atoms with Crippen LogP contribution in [0, 0.1) is 18.3 Å². The van der Waals surface area contributed by atoms with Crippen LogP contribution in [-0.4, -0.2) is 29.7 Å². The number of fused-ring (bicyclic) bond motifs is 1. The van der Waals surface area contributed by atoms with Crippen LogP contribution in [0.5, 0.6) is 5.75 Å². The third kappa shape index (κ3) is 2.54. The summed E-state index contributed by atoms with van der Waals surface area (Å²) in [6.45, 7) is 1.88. The van der Waals surface area contributed by atoms with Gasteiger partial charge in [0.05, 0.1) is 31.2 Å². The summed E-state index contributed by atoms with van der Waals surface area (Å²) in [6, 6.07) is 9.28. The number of carbonyl (C=O) groups is 1. The largest absolute Gasteiger partial charge is 0.494 e. The van der Waals surface area contributed by atoms with E-state index in [1.807, 2.05) is 25.1 Å². The molecule has 0 saturated heterocycles. The summed E-state index contributed by atoms with van der Waals surface area (Å²) in [7, 11) is 2.84. The van der Waals surface area contributed by atoms with Crippen molar-refractivity contribution in [2.24, 2.45) is 0 Å². The number of nitrogens with two attached hydrogens (primary N) is 1. The minimum absolute atomic E-state index is 0.0818. The molecule has 3 aromatic rings. The fraction of sp³-hybridized carbons (Fsp3) is 0.167. The first-order chi connectivity index (χ1) is 12.0. The zero-order valence-electron chi connectivity index (χ0n) is 14.0. The second-order valence-corrected chi connectivity index (χ2v) is 5.41. The lowest BCUT2D eigenvalue weighted by molar-refractivity contribution is 0.0593. The molecule has 1 aromatic carbocycles. The minimum Gasteiger partial charge on any atom is -0.494 e. The van der Waals surface area contributed by atoms with Crippen LogP contribution in [0.25, 0.3) is 16.6 Å². The lowest BCUT2D eigenvalue weighted by atomic mass is 10.1. The van der Waals surface area contributed by atoms with Gasteiger partial charge >= 0.3 is 5.97 Å². The zero-order valence-corrected chi connectivity index (χ0v) is 14.0. The number of esters is 1. The van der Waals surface area contributed by atoms with Crippen LogP contribution < -0.4 is 10.5 Å². The van der Waals surface area contributed by atoms with E-state index < -0.39 is 5.97 Å². The number of methoxy groups -OCH3 is 2. The van der Waals surface area contributed by atoms with Gasteiger partial charge in [0.15, 0.2) is 5.69 Å². The Morgan fingerprint density at radius 1 is 1.28 bits per heavy atom. The third-order valence-electron chi connectivity index (χ3n) is 3.96. The number of anilines is 1. The Hall–Kier alpha value is -3.53. The summed E-state index contributed by atoms with van der Waals surface area (Å²) in [6.07, 6.45) is 1.52. The van der Waals surface area contributed by atoms with Crippen LogP contribution >= 0.6 is 0 Å². The molecule has 0 radical (unpaired) electrons. The van der Waals surface area contributed by atoms with Crippen LogP contribution in [0.3, 0.4) is 0 Å². The number of carbonyl (C=O) groups excluding carboxylic acids is 1. The van der Waals surface area contributed by atoms with Crippen molar-refractivity contribution >= 4 is 22.6 Å². The standard InChI is InChI=1S/C18H16N4O3/c1-10-4-5-12-13(6-7-14(24-2)16(12)21-10)22-9-11(8-19)15(20)17(22)18(23)25-3/h4-7,9H,20H2,1-3H3. The SMILES string of the molecule is COC(=O)c1c(N)c(C#N)cn1-c1ccc(OC)c2nc(C)ccc12. The molecule has 0 aliphatic carbocycles. The number of rotatable bonds is 3. The average Bonchev–Trinajstić information content (AvgIpc) is 2.96. The van der Waals surface area contributed by atoms with Gasteiger partial charge in [-0.15, -0.1) is 0 Å². The predicted molar refractivity (Wildman–Crippen MR) is 92.8 cm³/mol. The first-order valence-electron chi connectivity index (χ1n) is 7.45. The summed E-state index contributed by atoms with van der Waals surface area (Å²) in [5.74, 6) is -0.00857. The fourth-order valence-corrected chi connectivity index (χ4v) is 2.75. The van der Waals surface area contributed by atoms with Gasteiger partial charge in [0.1, 0.15) is 17.3 Å². The molecule has 126 valence electrons. The maximum Gasteiger partial charge on any atom is 0.357 e. The quantitative estimate of drug-likeness (QED) is 0.737. The first kappa shape index (κ1) is 16.3. The van der Waals surface area contributed by atoms with E-state index in [0.717, 1.165) is 11.1 Å². The molecule has 0 unspecified atom stereocenters. The summed E-state index contributed by atoms with van der Waals surface area (Å²) in [4.78, 5) is 16.7. The average molecular weight is 336 g/mol. The Morgan fingerprint density at radius 3 is 2.68 bits per heavy atom. The van der Waals surface area contributed by atoms with Gasteiger partial charge in [-0.05, 0) is 31.2 Å². The van der Waals surface area contributed by atoms with Gasteiger partial charge in [-0.25, -0.2) is 9.78 Å². The molecule has 2 heterocycles. The molecule has 0 spiro atoms. The highest BCUT2D eigenvalue weighted by Crippen LogP contribution is 2.33. The maximum absolute atomic E-state index is 12.2. The summed E-state index contributed by atoms with van der Waals surface area (Å²) >= 11 is 0. The Labute approximate surface area is 144 Å². The number of hydrogen-bond acceptors (Lipinski definition) is 6. The second kappa shape index (κ2) is 6.17. The van der Waals surface area contributed by atoms with Crippen LogP contribution in [0.15, 0.2) is 30.5 Å². The Morgan fingerprint density at radius 2 is 2.04 bits per heavy atom. The molecule has 0 bridgehead atoms. The molecule has 2 N–H and O–H groups in total. The van der Waals surface area contributed by atoms with Gasteiger partial charge in [-0.2, -0.15) is 5.26 Å². The van der Waals surface area contributed by atoms with Gasteiger partial charge in [-0.3, -0.25) is 0 Å². The zero-order chi connectivity index (χ0) is 18.1. The predicted octanol–water partition coefficient (Wildman–Crippen LogP) is 2.58. The number of nitrogen functional groups attached to an aromatic ring is 1. The maximum atomic E-state index is 12.2. The van der Waals surface area contributed by atoms with Crippen molar-refractivity contribution in [3.05, 3.63) is 47.4 Å². The van der Waals surface area contributed by atoms with Crippen molar-refractivity contribution in [3.63, 3.8) is 0 Å². The van der Waals surface area contributed by atoms with Crippen LogP contribution in [0.1, 0.15) is 21.7 Å². The number of benzene rings is 1. The highest BCUT2D eigenvalue weighted by Gasteiger charge is 2.23. The monoisotopic (exact) mass is 336 g/mol. The molecule has 0 aliphatic rings. The molecule has 7 heteroatoms. The molecule has 0 amide bonds. The summed E-state index contributed by atoms with van der Waals surface area (Å²) in [5, 5.41) is 10.0. The molecular weight excluding hydrogens is 320 g/mol. The van der Waals surface area contributed by atoms with Gasteiger partial charge in [0.2, 0.25) is 0 Å². The highest BCUT2D eigenvalue weighted by molar-refractivity contribution is 5.98. The van der Waals surface area contributed by atoms with Crippen molar-refractivity contribution in [1.29, 1.82) is 5.26 Å². The van der Waals surface area contributed by atoms with Crippen LogP contribution in [0.2, 0.25) is 0 Å². The summed E-state index contributed by atoms with van der Waals surface area (Å²) < 4.78 is 11.8. The lowest BCUT2D eigenvalue weighted by Crippen LogP contribution is -2.11. The molecule has 0 atom stereocenters. The highest BCUT2D eigenvalue weighted by atomic mass is 16.5. The summed E-state index contributed by atoms with van der Waals surface area (Å²) in [5.41, 5.74) is 8.49. The first-order valence-corrected chi connectivity index (χ1v) is 7.45. The Bertz CT molecular complexity index is 1030. The van der Waals surface area contributed by atoms with Gasteiger partial charge in [-0.1, -0.05) is 0 Å². The third-order valence-corrected chi connectivity index (χ3v) is 3.96. The molecular formula is C18H16N4O3.